The van der Waals surface area contributed by atoms with E-state index in [4.69, 9.17) is 4.74 Å². The maximum Gasteiger partial charge on any atom is 0.422 e. The summed E-state index contributed by atoms with van der Waals surface area (Å²) in [6.45, 7) is 0.491. The number of rotatable bonds is 7. The number of carbonyl (C=O) groups is 1. The first-order valence-electron chi connectivity index (χ1n) is 8.31. The fourth-order valence-corrected chi connectivity index (χ4v) is 3.70. The molecule has 1 aliphatic rings. The minimum atomic E-state index is -4.36. The van der Waals surface area contributed by atoms with Gasteiger partial charge in [0, 0.05) is 29.1 Å². The molecule has 0 bridgehead atoms. The van der Waals surface area contributed by atoms with E-state index in [0.717, 1.165) is 28.3 Å². The quantitative estimate of drug-likeness (QED) is 0.767. The molecule has 140 valence electrons. The van der Waals surface area contributed by atoms with Crippen molar-refractivity contribution in [2.75, 3.05) is 6.61 Å². The largest absolute Gasteiger partial charge is 0.475 e. The molecule has 2 heterocycles. The zero-order valence-electron chi connectivity index (χ0n) is 14.1. The summed E-state index contributed by atoms with van der Waals surface area (Å²) < 4.78 is 41.3. The van der Waals surface area contributed by atoms with Gasteiger partial charge in [0.05, 0.1) is 6.04 Å². The number of amides is 1. The van der Waals surface area contributed by atoms with E-state index >= 15 is 0 Å². The maximum absolute atomic E-state index is 12.2. The Balaban J connectivity index is 1.45. The highest BCUT2D eigenvalue weighted by Crippen LogP contribution is 2.48. The van der Waals surface area contributed by atoms with E-state index in [0.29, 0.717) is 18.3 Å². The molecule has 8 heteroatoms. The number of nitrogens with one attached hydrogen (secondary N) is 1. The summed E-state index contributed by atoms with van der Waals surface area (Å²) in [7, 11) is 0. The van der Waals surface area contributed by atoms with Gasteiger partial charge >= 0.3 is 6.18 Å². The number of alkyl halides is 3. The molecule has 1 aliphatic carbocycles. The Morgan fingerprint density at radius 2 is 2.19 bits per heavy atom. The van der Waals surface area contributed by atoms with E-state index < -0.39 is 12.8 Å². The predicted molar refractivity (Wildman–Crippen MR) is 92.1 cm³/mol. The minimum absolute atomic E-state index is 0.0629. The zero-order valence-corrected chi connectivity index (χ0v) is 14.9. The van der Waals surface area contributed by atoms with Crippen LogP contribution in [-0.2, 0) is 4.79 Å². The number of pyridine rings is 1. The highest BCUT2D eigenvalue weighted by atomic mass is 32.1. The molecule has 1 saturated carbocycles. The van der Waals surface area contributed by atoms with E-state index in [-0.39, 0.29) is 17.0 Å². The zero-order chi connectivity index (χ0) is 18.7. The van der Waals surface area contributed by atoms with E-state index in [1.165, 1.54) is 6.07 Å². The number of hydrogen-bond acceptors (Lipinski definition) is 4. The van der Waals surface area contributed by atoms with Gasteiger partial charge in [-0.3, -0.25) is 9.78 Å². The first-order valence-corrected chi connectivity index (χ1v) is 9.13. The predicted octanol–water partition coefficient (Wildman–Crippen LogP) is 4.46. The highest BCUT2D eigenvalue weighted by molar-refractivity contribution is 7.13. The van der Waals surface area contributed by atoms with Crippen LogP contribution in [0.25, 0.3) is 0 Å². The van der Waals surface area contributed by atoms with Crippen LogP contribution in [0.2, 0.25) is 0 Å². The highest BCUT2D eigenvalue weighted by Gasteiger charge is 2.40. The van der Waals surface area contributed by atoms with Crippen molar-refractivity contribution in [1.29, 1.82) is 0 Å². The summed E-state index contributed by atoms with van der Waals surface area (Å²) in [5, 5.41) is 3.09. The molecule has 4 nitrogen and oxygen atoms in total. The number of halogens is 3. The lowest BCUT2D eigenvalue weighted by Crippen LogP contribution is -2.26. The van der Waals surface area contributed by atoms with Crippen molar-refractivity contribution in [3.63, 3.8) is 0 Å². The van der Waals surface area contributed by atoms with Gasteiger partial charge in [-0.25, -0.2) is 0 Å². The molecule has 3 rings (SSSR count). The summed E-state index contributed by atoms with van der Waals surface area (Å²) in [6, 6.07) is 8.67. The van der Waals surface area contributed by atoms with Crippen LogP contribution in [-0.4, -0.2) is 23.7 Å². The normalized spacial score (nSPS) is 20.5. The summed E-state index contributed by atoms with van der Waals surface area (Å²) in [6.07, 6.45) is -1.23. The summed E-state index contributed by atoms with van der Waals surface area (Å²) in [4.78, 5) is 17.3. The Labute approximate surface area is 153 Å². The molecular weight excluding hydrogens is 365 g/mol. The van der Waals surface area contributed by atoms with Crippen LogP contribution in [0.5, 0.6) is 5.06 Å². The summed E-state index contributed by atoms with van der Waals surface area (Å²) >= 11 is 1.11. The summed E-state index contributed by atoms with van der Waals surface area (Å²) in [5.74, 6) is 0.569. The van der Waals surface area contributed by atoms with Crippen LogP contribution in [0.3, 0.4) is 0 Å². The second kappa shape index (κ2) is 7.65. The molecule has 1 N–H and O–H groups in total. The molecule has 0 saturated heterocycles. The van der Waals surface area contributed by atoms with Gasteiger partial charge in [0.1, 0.15) is 0 Å². The molecule has 0 spiro atoms. The van der Waals surface area contributed by atoms with Crippen molar-refractivity contribution in [1.82, 2.24) is 10.3 Å². The topological polar surface area (TPSA) is 51.2 Å². The van der Waals surface area contributed by atoms with E-state index in [1.54, 1.807) is 19.2 Å². The van der Waals surface area contributed by atoms with E-state index in [2.05, 4.69) is 10.3 Å². The van der Waals surface area contributed by atoms with Crippen LogP contribution < -0.4 is 10.1 Å². The fraction of sp³-hybridized carbons (Fsp3) is 0.444. The van der Waals surface area contributed by atoms with Crippen molar-refractivity contribution in [2.24, 2.45) is 5.92 Å². The molecule has 0 aromatic carbocycles. The van der Waals surface area contributed by atoms with Crippen molar-refractivity contribution < 1.29 is 22.7 Å². The van der Waals surface area contributed by atoms with E-state index in [9.17, 15) is 18.0 Å². The lowest BCUT2D eigenvalue weighted by atomic mass is 10.1. The molecule has 3 atom stereocenters. The van der Waals surface area contributed by atoms with Gasteiger partial charge in [0.25, 0.3) is 0 Å². The Kier molecular flexibility index (Phi) is 5.50. The molecule has 0 unspecified atom stereocenters. The standard InChI is InChI=1S/C18H19F3N2O2S/c1-11(15-5-6-17(26-15)25-10-18(19,20)21)23-16(24)9-12-8-13(12)14-4-2-3-7-22-14/h2-7,11-13H,8-10H2,1H3,(H,23,24)/t11-,12+,13+/m1/s1. The molecule has 1 amide bonds. The number of thiophene rings is 1. The first-order chi connectivity index (χ1) is 12.3. The Hall–Kier alpha value is -2.09. The van der Waals surface area contributed by atoms with Gasteiger partial charge in [-0.15, -0.1) is 11.3 Å². The Morgan fingerprint density at radius 1 is 1.38 bits per heavy atom. The second-order valence-corrected chi connectivity index (χ2v) is 7.49. The molecule has 2 aromatic rings. The monoisotopic (exact) mass is 384 g/mol. The molecule has 2 aromatic heterocycles. The second-order valence-electron chi connectivity index (χ2n) is 6.41. The van der Waals surface area contributed by atoms with Gasteiger partial charge in [-0.2, -0.15) is 13.2 Å². The van der Waals surface area contributed by atoms with Crippen molar-refractivity contribution in [3.8, 4) is 5.06 Å². The number of nitrogens with zero attached hydrogens (tertiary/aromatic N) is 1. The molecule has 26 heavy (non-hydrogen) atoms. The van der Waals surface area contributed by atoms with Crippen LogP contribution in [0.4, 0.5) is 13.2 Å². The third kappa shape index (κ3) is 5.20. The number of ether oxygens (including phenoxy) is 1. The van der Waals surface area contributed by atoms with Crippen LogP contribution in [0, 0.1) is 5.92 Å². The Bertz CT molecular complexity index is 748. The lowest BCUT2D eigenvalue weighted by molar-refractivity contribution is -0.152. The van der Waals surface area contributed by atoms with Crippen LogP contribution in [0.15, 0.2) is 36.5 Å². The van der Waals surface area contributed by atoms with E-state index in [1.807, 2.05) is 18.2 Å². The molecule has 0 aliphatic heterocycles. The van der Waals surface area contributed by atoms with Gasteiger partial charge in [-0.05, 0) is 43.5 Å². The van der Waals surface area contributed by atoms with Crippen molar-refractivity contribution in [3.05, 3.63) is 47.1 Å². The third-order valence-corrected chi connectivity index (χ3v) is 5.40. The van der Waals surface area contributed by atoms with Gasteiger partial charge < -0.3 is 10.1 Å². The fourth-order valence-electron chi connectivity index (χ4n) is 2.84. The van der Waals surface area contributed by atoms with Crippen LogP contribution in [0.1, 0.15) is 42.3 Å². The average molecular weight is 384 g/mol. The third-order valence-electron chi connectivity index (χ3n) is 4.22. The Morgan fingerprint density at radius 3 is 2.88 bits per heavy atom. The smallest absolute Gasteiger partial charge is 0.422 e. The number of aromatic nitrogens is 1. The SMILES string of the molecule is C[C@@H](NC(=O)C[C@@H]1C[C@@H]1c1ccccn1)c1ccc(OCC(F)(F)F)s1. The van der Waals surface area contributed by atoms with Crippen molar-refractivity contribution >= 4 is 17.2 Å². The first kappa shape index (κ1) is 18.7. The van der Waals surface area contributed by atoms with Crippen molar-refractivity contribution in [2.45, 2.75) is 37.9 Å². The number of hydrogen-bond donors (Lipinski definition) is 1. The van der Waals surface area contributed by atoms with Crippen LogP contribution >= 0.6 is 11.3 Å². The number of carbonyl (C=O) groups excluding carboxylic acids is 1. The molecule has 0 radical (unpaired) electrons. The maximum atomic E-state index is 12.2. The summed E-state index contributed by atoms with van der Waals surface area (Å²) in [5.41, 5.74) is 1.02. The average Bonchev–Trinajstić information content (AvgIpc) is 3.17. The minimum Gasteiger partial charge on any atom is -0.475 e. The molecule has 1 fully saturated rings. The lowest BCUT2D eigenvalue weighted by Gasteiger charge is -2.12. The molecular formula is C18H19F3N2O2S. The van der Waals surface area contributed by atoms with Gasteiger partial charge in [0.2, 0.25) is 5.91 Å². The van der Waals surface area contributed by atoms with Gasteiger partial charge in [0.15, 0.2) is 11.7 Å². The van der Waals surface area contributed by atoms with Gasteiger partial charge in [-0.1, -0.05) is 6.07 Å².